The van der Waals surface area contributed by atoms with Crippen LogP contribution in [0.3, 0.4) is 0 Å². The zero-order chi connectivity index (χ0) is 29.7. The Kier molecular flexibility index (Phi) is 5.88. The van der Waals surface area contributed by atoms with Crippen molar-refractivity contribution in [3.8, 4) is 11.1 Å². The third kappa shape index (κ3) is 4.48. The third-order valence-electron chi connectivity index (χ3n) is 8.70. The van der Waals surface area contributed by atoms with Crippen LogP contribution in [0.4, 0.5) is 5.88 Å². The molecule has 0 amide bonds. The van der Waals surface area contributed by atoms with Gasteiger partial charge in [-0.1, -0.05) is 115 Å². The van der Waals surface area contributed by atoms with Gasteiger partial charge in [0, 0.05) is 28.6 Å². The van der Waals surface area contributed by atoms with E-state index >= 15 is 0 Å². The Labute approximate surface area is 260 Å². The van der Waals surface area contributed by atoms with Crippen LogP contribution in [0.5, 0.6) is 0 Å². The van der Waals surface area contributed by atoms with Gasteiger partial charge in [0.05, 0.1) is 0 Å². The van der Waals surface area contributed by atoms with Crippen molar-refractivity contribution >= 4 is 56.1 Å². The maximum Gasteiger partial charge on any atom is 0.201 e. The van der Waals surface area contributed by atoms with E-state index in [-0.39, 0.29) is 0 Å². The minimum Gasteiger partial charge on any atom is -0.440 e. The van der Waals surface area contributed by atoms with Crippen molar-refractivity contribution in [3.63, 3.8) is 0 Å². The summed E-state index contributed by atoms with van der Waals surface area (Å²) in [5.41, 5.74) is 7.29. The highest BCUT2D eigenvalue weighted by atomic mass is 16.3. The molecule has 1 atom stereocenters. The number of nitrogens with one attached hydrogen (secondary N) is 2. The lowest BCUT2D eigenvalue weighted by Crippen LogP contribution is -2.36. The average molecular weight is 581 g/mol. The Hall–Kier alpha value is -5.94. The Morgan fingerprint density at radius 3 is 2.27 bits per heavy atom. The van der Waals surface area contributed by atoms with Crippen molar-refractivity contribution in [2.24, 2.45) is 9.98 Å². The molecule has 0 bridgehead atoms. The first-order valence-corrected chi connectivity index (χ1v) is 15.2. The number of amidine groups is 2. The van der Waals surface area contributed by atoms with Crippen molar-refractivity contribution in [1.29, 1.82) is 0 Å². The smallest absolute Gasteiger partial charge is 0.201 e. The van der Waals surface area contributed by atoms with Gasteiger partial charge in [-0.2, -0.15) is 0 Å². The van der Waals surface area contributed by atoms with Crippen LogP contribution in [-0.2, 0) is 0 Å². The Balaban J connectivity index is 1.20. The number of rotatable bonds is 4. The van der Waals surface area contributed by atoms with Crippen molar-refractivity contribution in [2.45, 2.75) is 6.17 Å². The molecule has 0 spiro atoms. The van der Waals surface area contributed by atoms with Gasteiger partial charge in [-0.25, -0.2) is 9.98 Å². The van der Waals surface area contributed by atoms with Crippen LogP contribution in [0.25, 0.3) is 49.7 Å². The zero-order valence-electron chi connectivity index (χ0n) is 24.4. The first-order chi connectivity index (χ1) is 22.3. The van der Waals surface area contributed by atoms with Crippen molar-refractivity contribution < 1.29 is 4.42 Å². The van der Waals surface area contributed by atoms with Gasteiger partial charge >= 0.3 is 0 Å². The van der Waals surface area contributed by atoms with E-state index in [1.807, 2.05) is 18.2 Å². The predicted molar refractivity (Wildman–Crippen MR) is 186 cm³/mol. The molecule has 5 nitrogen and oxygen atoms in total. The molecule has 1 aromatic heterocycles. The van der Waals surface area contributed by atoms with E-state index in [1.165, 1.54) is 27.3 Å². The molecular formula is C40H28N4O. The fraction of sp³-hybridized carbons (Fsp3) is 0.0500. The Bertz CT molecular complexity index is 2360. The first-order valence-electron chi connectivity index (χ1n) is 15.2. The topological polar surface area (TPSA) is 61.9 Å². The van der Waals surface area contributed by atoms with E-state index in [1.54, 1.807) is 0 Å². The molecule has 2 N–H and O–H groups in total. The fourth-order valence-electron chi connectivity index (χ4n) is 6.44. The molecule has 45 heavy (non-hydrogen) atoms. The maximum atomic E-state index is 6.21. The van der Waals surface area contributed by atoms with E-state index in [2.05, 4.69) is 132 Å². The quantitative estimate of drug-likeness (QED) is 0.218. The molecule has 7 aromatic rings. The summed E-state index contributed by atoms with van der Waals surface area (Å²) in [5.74, 6) is 2.35. The number of hydrogen-bond donors (Lipinski definition) is 2. The summed E-state index contributed by atoms with van der Waals surface area (Å²) in [6.07, 6.45) is 3.83. The lowest BCUT2D eigenvalue weighted by Gasteiger charge is -2.23. The molecule has 3 heterocycles. The number of hydrogen-bond acceptors (Lipinski definition) is 5. The lowest BCUT2D eigenvalue weighted by molar-refractivity contribution is 0.628. The molecule has 0 aliphatic carbocycles. The van der Waals surface area contributed by atoms with E-state index < -0.39 is 6.17 Å². The second-order valence-corrected chi connectivity index (χ2v) is 11.5. The molecule has 2 aliphatic heterocycles. The molecule has 0 fully saturated rings. The Morgan fingerprint density at radius 2 is 1.36 bits per heavy atom. The molecule has 1 unspecified atom stereocenters. The highest BCUT2D eigenvalue weighted by molar-refractivity contribution is 6.21. The zero-order valence-corrected chi connectivity index (χ0v) is 24.4. The van der Waals surface area contributed by atoms with Gasteiger partial charge in [0.1, 0.15) is 17.3 Å². The first kappa shape index (κ1) is 25.5. The second-order valence-electron chi connectivity index (χ2n) is 11.5. The van der Waals surface area contributed by atoms with Crippen molar-refractivity contribution in [2.75, 3.05) is 11.9 Å². The van der Waals surface area contributed by atoms with Crippen molar-refractivity contribution in [1.82, 2.24) is 5.32 Å². The van der Waals surface area contributed by atoms with Gasteiger partial charge < -0.3 is 15.1 Å². The van der Waals surface area contributed by atoms with E-state index in [4.69, 9.17) is 14.4 Å². The number of aliphatic imine (C=N–C) groups is 2. The normalized spacial score (nSPS) is 15.8. The molecule has 6 aromatic carbocycles. The van der Waals surface area contributed by atoms with Crippen LogP contribution < -0.4 is 10.6 Å². The standard InChI is InChI=1S/C40H28N4O/c1-2-8-25(9-3-1)29-18-15-27-17-20-31(24-32(27)23-29)38-42-37(30-19-16-26-10-4-5-11-28(26)22-30)43-39(44-38)33-12-6-14-35-36(33)34-13-7-21-41-40(34)45-35/h1-20,22-24,37,41H,21H2,(H,42,43,44). The van der Waals surface area contributed by atoms with Crippen LogP contribution in [0.15, 0.2) is 148 Å². The summed E-state index contributed by atoms with van der Waals surface area (Å²) in [6.45, 7) is 0.746. The largest absolute Gasteiger partial charge is 0.440 e. The van der Waals surface area contributed by atoms with E-state index in [9.17, 15) is 0 Å². The summed E-state index contributed by atoms with van der Waals surface area (Å²) >= 11 is 0. The van der Waals surface area contributed by atoms with Crippen LogP contribution >= 0.6 is 0 Å². The second kappa shape index (κ2) is 10.4. The van der Waals surface area contributed by atoms with Gasteiger partial charge in [0.15, 0.2) is 6.17 Å². The van der Waals surface area contributed by atoms with Gasteiger partial charge in [-0.15, -0.1) is 0 Å². The third-order valence-corrected chi connectivity index (χ3v) is 8.70. The van der Waals surface area contributed by atoms with Gasteiger partial charge in [0.25, 0.3) is 0 Å². The number of furan rings is 1. The molecular weight excluding hydrogens is 552 g/mol. The van der Waals surface area contributed by atoms with Crippen molar-refractivity contribution in [3.05, 3.63) is 156 Å². The highest BCUT2D eigenvalue weighted by Gasteiger charge is 2.25. The minimum atomic E-state index is -0.418. The van der Waals surface area contributed by atoms with Crippen LogP contribution in [0.2, 0.25) is 0 Å². The monoisotopic (exact) mass is 580 g/mol. The molecule has 5 heteroatoms. The number of nitrogens with zero attached hydrogens (tertiary/aromatic N) is 2. The molecule has 0 saturated heterocycles. The number of anilines is 1. The maximum absolute atomic E-state index is 6.21. The van der Waals surface area contributed by atoms with Crippen LogP contribution in [0, 0.1) is 0 Å². The van der Waals surface area contributed by atoms with Gasteiger partial charge in [-0.05, 0) is 62.5 Å². The highest BCUT2D eigenvalue weighted by Crippen LogP contribution is 2.37. The molecule has 0 saturated carbocycles. The number of fused-ring (bicyclic) bond motifs is 5. The summed E-state index contributed by atoms with van der Waals surface area (Å²) < 4.78 is 6.21. The van der Waals surface area contributed by atoms with Gasteiger partial charge in [0.2, 0.25) is 5.88 Å². The van der Waals surface area contributed by atoms with E-state index in [0.717, 1.165) is 62.7 Å². The minimum absolute atomic E-state index is 0.418. The SMILES string of the molecule is C1=Cc2c(oc3cccc(C4=NC(c5ccc6ccccc6c5)N=C(c5ccc6ccc(-c7ccccc7)cc6c5)N4)c23)NC1. The van der Waals surface area contributed by atoms with Crippen LogP contribution in [-0.4, -0.2) is 18.2 Å². The summed E-state index contributed by atoms with van der Waals surface area (Å²) in [4.78, 5) is 10.4. The average Bonchev–Trinajstić information content (AvgIpc) is 3.50. The molecule has 214 valence electrons. The van der Waals surface area contributed by atoms with Gasteiger partial charge in [-0.3, -0.25) is 0 Å². The number of benzene rings is 6. The molecule has 0 radical (unpaired) electrons. The Morgan fingerprint density at radius 1 is 0.600 bits per heavy atom. The fourth-order valence-corrected chi connectivity index (χ4v) is 6.44. The summed E-state index contributed by atoms with van der Waals surface area (Å²) in [6, 6.07) is 44.7. The van der Waals surface area contributed by atoms with E-state index in [0.29, 0.717) is 0 Å². The molecule has 9 rings (SSSR count). The lowest BCUT2D eigenvalue weighted by atomic mass is 9.99. The predicted octanol–water partition coefficient (Wildman–Crippen LogP) is 9.34. The summed E-state index contributed by atoms with van der Waals surface area (Å²) in [5, 5.41) is 12.7. The molecule has 2 aliphatic rings. The summed E-state index contributed by atoms with van der Waals surface area (Å²) in [7, 11) is 0. The van der Waals surface area contributed by atoms with Crippen LogP contribution in [0.1, 0.15) is 28.4 Å².